The Labute approximate surface area is 162 Å². The van der Waals surface area contributed by atoms with Gasteiger partial charge in [0.25, 0.3) is 5.91 Å². The van der Waals surface area contributed by atoms with Crippen LogP contribution in [0.5, 0.6) is 11.5 Å². The average Bonchev–Trinajstić information content (AvgIpc) is 2.65. The highest BCUT2D eigenvalue weighted by molar-refractivity contribution is 5.81. The van der Waals surface area contributed by atoms with Crippen LogP contribution in [0.3, 0.4) is 0 Å². The smallest absolute Gasteiger partial charge is 0.261 e. The standard InChI is InChI=1S/C23H31NO3/c1-7-21(27-20-14-12-19(26-6)13-15-20)22(25)24-16(2)17-8-10-18(11-9-17)23(3,4)5/h8-16,21H,7H2,1-6H3,(H,24,25). The van der Waals surface area contributed by atoms with Crippen LogP contribution < -0.4 is 14.8 Å². The van der Waals surface area contributed by atoms with E-state index in [4.69, 9.17) is 9.47 Å². The molecule has 2 unspecified atom stereocenters. The van der Waals surface area contributed by atoms with Crippen LogP contribution in [0.25, 0.3) is 0 Å². The molecule has 2 atom stereocenters. The summed E-state index contributed by atoms with van der Waals surface area (Å²) in [5, 5.41) is 3.06. The maximum absolute atomic E-state index is 12.7. The van der Waals surface area contributed by atoms with E-state index in [9.17, 15) is 4.79 Å². The highest BCUT2D eigenvalue weighted by Crippen LogP contribution is 2.24. The number of ether oxygens (including phenoxy) is 2. The molecule has 2 rings (SSSR count). The summed E-state index contributed by atoms with van der Waals surface area (Å²) in [6.45, 7) is 10.5. The first kappa shape index (κ1) is 20.8. The molecule has 4 heteroatoms. The van der Waals surface area contributed by atoms with Crippen molar-refractivity contribution < 1.29 is 14.3 Å². The van der Waals surface area contributed by atoms with E-state index in [1.165, 1.54) is 5.56 Å². The van der Waals surface area contributed by atoms with E-state index in [2.05, 4.69) is 50.4 Å². The van der Waals surface area contributed by atoms with Crippen molar-refractivity contribution in [3.8, 4) is 11.5 Å². The van der Waals surface area contributed by atoms with Gasteiger partial charge in [0.15, 0.2) is 6.10 Å². The molecule has 0 aliphatic heterocycles. The number of hydrogen-bond acceptors (Lipinski definition) is 3. The zero-order valence-electron chi connectivity index (χ0n) is 17.2. The Bertz CT molecular complexity index is 730. The van der Waals surface area contributed by atoms with Crippen LogP contribution >= 0.6 is 0 Å². The van der Waals surface area contributed by atoms with Gasteiger partial charge in [-0.05, 0) is 54.2 Å². The molecule has 0 aromatic heterocycles. The van der Waals surface area contributed by atoms with Crippen LogP contribution in [0.15, 0.2) is 48.5 Å². The zero-order chi connectivity index (χ0) is 20.0. The third-order valence-corrected chi connectivity index (χ3v) is 4.64. The second-order valence-electron chi connectivity index (χ2n) is 7.79. The van der Waals surface area contributed by atoms with Gasteiger partial charge in [-0.3, -0.25) is 4.79 Å². The maximum Gasteiger partial charge on any atom is 0.261 e. The number of nitrogens with one attached hydrogen (secondary N) is 1. The lowest BCUT2D eigenvalue weighted by molar-refractivity contribution is -0.128. The van der Waals surface area contributed by atoms with Gasteiger partial charge in [0.05, 0.1) is 13.2 Å². The van der Waals surface area contributed by atoms with Gasteiger partial charge in [-0.1, -0.05) is 52.0 Å². The Morgan fingerprint density at radius 3 is 2.04 bits per heavy atom. The van der Waals surface area contributed by atoms with Crippen molar-refractivity contribution in [2.45, 2.75) is 58.6 Å². The highest BCUT2D eigenvalue weighted by atomic mass is 16.5. The summed E-state index contributed by atoms with van der Waals surface area (Å²) in [7, 11) is 1.62. The summed E-state index contributed by atoms with van der Waals surface area (Å²) in [5.41, 5.74) is 2.47. The van der Waals surface area contributed by atoms with Gasteiger partial charge in [-0.2, -0.15) is 0 Å². The Hall–Kier alpha value is -2.49. The summed E-state index contributed by atoms with van der Waals surface area (Å²) in [6, 6.07) is 15.6. The fraction of sp³-hybridized carbons (Fsp3) is 0.435. The molecule has 1 N–H and O–H groups in total. The molecule has 0 aliphatic rings. The fourth-order valence-electron chi connectivity index (χ4n) is 2.80. The number of methoxy groups -OCH3 is 1. The summed E-state index contributed by atoms with van der Waals surface area (Å²) in [5.74, 6) is 1.30. The molecular formula is C23H31NO3. The zero-order valence-corrected chi connectivity index (χ0v) is 17.2. The van der Waals surface area contributed by atoms with Crippen LogP contribution in [-0.2, 0) is 10.2 Å². The number of carbonyl (C=O) groups excluding carboxylic acids is 1. The van der Waals surface area contributed by atoms with Crippen LogP contribution in [0.2, 0.25) is 0 Å². The fourth-order valence-corrected chi connectivity index (χ4v) is 2.80. The predicted octanol–water partition coefficient (Wildman–Crippen LogP) is 5.03. The normalized spacial score (nSPS) is 13.6. The monoisotopic (exact) mass is 369 g/mol. The van der Waals surface area contributed by atoms with Crippen molar-refractivity contribution in [3.05, 3.63) is 59.7 Å². The molecule has 0 aliphatic carbocycles. The van der Waals surface area contributed by atoms with Gasteiger partial charge in [0.1, 0.15) is 11.5 Å². The van der Waals surface area contributed by atoms with E-state index in [1.54, 1.807) is 7.11 Å². The number of hydrogen-bond donors (Lipinski definition) is 1. The number of amides is 1. The molecule has 0 spiro atoms. The molecule has 2 aromatic carbocycles. The Kier molecular flexibility index (Phi) is 6.89. The van der Waals surface area contributed by atoms with Crippen molar-refractivity contribution >= 4 is 5.91 Å². The molecular weight excluding hydrogens is 338 g/mol. The number of benzene rings is 2. The van der Waals surface area contributed by atoms with Gasteiger partial charge < -0.3 is 14.8 Å². The van der Waals surface area contributed by atoms with Gasteiger partial charge in [-0.25, -0.2) is 0 Å². The first-order valence-electron chi connectivity index (χ1n) is 9.46. The molecule has 2 aromatic rings. The minimum absolute atomic E-state index is 0.0833. The summed E-state index contributed by atoms with van der Waals surface area (Å²) >= 11 is 0. The van der Waals surface area contributed by atoms with Crippen LogP contribution in [0.1, 0.15) is 58.2 Å². The minimum Gasteiger partial charge on any atom is -0.497 e. The first-order valence-corrected chi connectivity index (χ1v) is 9.46. The lowest BCUT2D eigenvalue weighted by Gasteiger charge is -2.22. The summed E-state index contributed by atoms with van der Waals surface area (Å²) < 4.78 is 11.0. The van der Waals surface area contributed by atoms with Gasteiger partial charge >= 0.3 is 0 Å². The van der Waals surface area contributed by atoms with E-state index < -0.39 is 6.10 Å². The molecule has 0 bridgehead atoms. The van der Waals surface area contributed by atoms with Gasteiger partial charge in [-0.15, -0.1) is 0 Å². The van der Waals surface area contributed by atoms with Crippen molar-refractivity contribution in [2.24, 2.45) is 0 Å². The summed E-state index contributed by atoms with van der Waals surface area (Å²) in [4.78, 5) is 12.7. The maximum atomic E-state index is 12.7. The van der Waals surface area contributed by atoms with E-state index in [-0.39, 0.29) is 17.4 Å². The van der Waals surface area contributed by atoms with E-state index in [0.29, 0.717) is 12.2 Å². The summed E-state index contributed by atoms with van der Waals surface area (Å²) in [6.07, 6.45) is 0.0581. The Morgan fingerprint density at radius 2 is 1.56 bits per heavy atom. The SMILES string of the molecule is CCC(Oc1ccc(OC)cc1)C(=O)NC(C)c1ccc(C(C)(C)C)cc1. The van der Waals surface area contributed by atoms with Crippen molar-refractivity contribution in [3.63, 3.8) is 0 Å². The van der Waals surface area contributed by atoms with Crippen LogP contribution in [0, 0.1) is 0 Å². The molecule has 0 heterocycles. The average molecular weight is 370 g/mol. The molecule has 27 heavy (non-hydrogen) atoms. The quantitative estimate of drug-likeness (QED) is 0.745. The van der Waals surface area contributed by atoms with Crippen LogP contribution in [-0.4, -0.2) is 19.1 Å². The molecule has 146 valence electrons. The largest absolute Gasteiger partial charge is 0.497 e. The molecule has 0 saturated heterocycles. The molecule has 0 fully saturated rings. The minimum atomic E-state index is -0.533. The second kappa shape index (κ2) is 8.94. The van der Waals surface area contributed by atoms with Crippen molar-refractivity contribution in [1.82, 2.24) is 5.32 Å². The number of carbonyl (C=O) groups is 1. The molecule has 1 amide bonds. The topological polar surface area (TPSA) is 47.6 Å². The highest BCUT2D eigenvalue weighted by Gasteiger charge is 2.21. The predicted molar refractivity (Wildman–Crippen MR) is 109 cm³/mol. The second-order valence-corrected chi connectivity index (χ2v) is 7.79. The van der Waals surface area contributed by atoms with Crippen molar-refractivity contribution in [2.75, 3.05) is 7.11 Å². The molecule has 4 nitrogen and oxygen atoms in total. The molecule has 0 saturated carbocycles. The number of rotatable bonds is 7. The third kappa shape index (κ3) is 5.75. The van der Waals surface area contributed by atoms with E-state index in [1.807, 2.05) is 38.1 Å². The van der Waals surface area contributed by atoms with Crippen LogP contribution in [0.4, 0.5) is 0 Å². The van der Waals surface area contributed by atoms with E-state index in [0.717, 1.165) is 11.3 Å². The van der Waals surface area contributed by atoms with Crippen molar-refractivity contribution in [1.29, 1.82) is 0 Å². The third-order valence-electron chi connectivity index (χ3n) is 4.64. The van der Waals surface area contributed by atoms with Gasteiger partial charge in [0.2, 0.25) is 0 Å². The van der Waals surface area contributed by atoms with Gasteiger partial charge in [0, 0.05) is 0 Å². The lowest BCUT2D eigenvalue weighted by atomic mass is 9.86. The van der Waals surface area contributed by atoms with E-state index >= 15 is 0 Å². The molecule has 0 radical (unpaired) electrons. The first-order chi connectivity index (χ1) is 12.7. The Morgan fingerprint density at radius 1 is 1.00 bits per heavy atom. The lowest BCUT2D eigenvalue weighted by Crippen LogP contribution is -2.39. The Balaban J connectivity index is 2.00.